The van der Waals surface area contributed by atoms with Crippen LogP contribution < -0.4 is 0 Å². The van der Waals surface area contributed by atoms with Gasteiger partial charge in [0.25, 0.3) is 5.69 Å². The van der Waals surface area contributed by atoms with E-state index in [0.717, 1.165) is 0 Å². The highest BCUT2D eigenvalue weighted by Crippen LogP contribution is 2.23. The predicted octanol–water partition coefficient (Wildman–Crippen LogP) is 2.98. The summed E-state index contributed by atoms with van der Waals surface area (Å²) in [5.74, 6) is 0.698. The number of hydrogen-bond acceptors (Lipinski definition) is 6. The number of nitro groups is 1. The molecule has 0 N–H and O–H groups in total. The van der Waals surface area contributed by atoms with Gasteiger partial charge in [0.2, 0.25) is 5.16 Å². The lowest BCUT2D eigenvalue weighted by molar-refractivity contribution is -0.384. The number of nitro benzene ring substituents is 1. The van der Waals surface area contributed by atoms with Crippen molar-refractivity contribution in [3.8, 4) is 11.3 Å². The van der Waals surface area contributed by atoms with Crippen LogP contribution >= 0.6 is 11.8 Å². The molecule has 1 aromatic carbocycles. The van der Waals surface area contributed by atoms with Gasteiger partial charge >= 0.3 is 0 Å². The smallest absolute Gasteiger partial charge is 0.258 e. The highest BCUT2D eigenvalue weighted by molar-refractivity contribution is 7.99. The van der Waals surface area contributed by atoms with Crippen LogP contribution in [-0.2, 0) is 0 Å². The molecule has 0 bridgehead atoms. The number of nitrogens with zero attached hydrogens (tertiary/aromatic N) is 5. The summed E-state index contributed by atoms with van der Waals surface area (Å²) in [6.45, 7) is 3.67. The van der Waals surface area contributed by atoms with E-state index in [1.54, 1.807) is 34.9 Å². The SMILES string of the molecule is C=CCSc1nnc2ccc(-c3cccc([N+](=O)[O-])c3)nn12. The second kappa shape index (κ2) is 5.94. The third kappa shape index (κ3) is 2.68. The fourth-order valence-electron chi connectivity index (χ4n) is 1.93. The quantitative estimate of drug-likeness (QED) is 0.311. The number of non-ortho nitro benzene ring substituents is 1. The summed E-state index contributed by atoms with van der Waals surface area (Å²) in [5, 5.41) is 24.1. The minimum Gasteiger partial charge on any atom is -0.258 e. The number of thioether (sulfide) groups is 1. The molecular formula is C14H11N5O2S. The number of fused-ring (bicyclic) bond motifs is 1. The molecule has 0 aliphatic heterocycles. The minimum atomic E-state index is -0.424. The molecule has 2 aromatic heterocycles. The Bertz CT molecular complexity index is 861. The third-order valence-electron chi connectivity index (χ3n) is 2.92. The van der Waals surface area contributed by atoms with E-state index in [1.165, 1.54) is 23.9 Å². The molecule has 8 heteroatoms. The van der Waals surface area contributed by atoms with Crippen molar-refractivity contribution in [2.24, 2.45) is 0 Å². The monoisotopic (exact) mass is 313 g/mol. The molecule has 0 fully saturated rings. The number of hydrogen-bond donors (Lipinski definition) is 0. The van der Waals surface area contributed by atoms with Crippen LogP contribution in [0.3, 0.4) is 0 Å². The van der Waals surface area contributed by atoms with Gasteiger partial charge < -0.3 is 0 Å². The molecule has 0 unspecified atom stereocenters. The molecule has 0 saturated carbocycles. The fraction of sp³-hybridized carbons (Fsp3) is 0.0714. The van der Waals surface area contributed by atoms with Crippen LogP contribution in [-0.4, -0.2) is 30.5 Å². The van der Waals surface area contributed by atoms with E-state index < -0.39 is 4.92 Å². The van der Waals surface area contributed by atoms with Crippen LogP contribution in [0.4, 0.5) is 5.69 Å². The van der Waals surface area contributed by atoms with E-state index in [9.17, 15) is 10.1 Å². The first-order valence-electron chi connectivity index (χ1n) is 6.40. The van der Waals surface area contributed by atoms with Gasteiger partial charge in [0.1, 0.15) is 0 Å². The largest absolute Gasteiger partial charge is 0.270 e. The Balaban J connectivity index is 2.05. The van der Waals surface area contributed by atoms with Gasteiger partial charge in [-0.3, -0.25) is 10.1 Å². The van der Waals surface area contributed by atoms with Gasteiger partial charge in [-0.15, -0.1) is 16.8 Å². The van der Waals surface area contributed by atoms with Crippen molar-refractivity contribution < 1.29 is 4.92 Å². The lowest BCUT2D eigenvalue weighted by atomic mass is 10.1. The summed E-state index contributed by atoms with van der Waals surface area (Å²) in [5.41, 5.74) is 1.95. The molecule has 0 aliphatic rings. The highest BCUT2D eigenvalue weighted by Gasteiger charge is 2.11. The summed E-state index contributed by atoms with van der Waals surface area (Å²) >= 11 is 1.47. The Hall–Kier alpha value is -2.74. The molecule has 0 amide bonds. The van der Waals surface area contributed by atoms with Gasteiger partial charge in [0.15, 0.2) is 5.65 Å². The van der Waals surface area contributed by atoms with Gasteiger partial charge in [0, 0.05) is 23.4 Å². The first-order chi connectivity index (χ1) is 10.7. The van der Waals surface area contributed by atoms with Crippen LogP contribution in [0.1, 0.15) is 0 Å². The zero-order valence-corrected chi connectivity index (χ0v) is 12.2. The topological polar surface area (TPSA) is 86.2 Å². The standard InChI is InChI=1S/C14H11N5O2S/c1-2-8-22-14-16-15-13-7-6-12(17-18(13)14)10-4-3-5-11(9-10)19(20)21/h2-7,9H,1,8H2. The lowest BCUT2D eigenvalue weighted by Gasteiger charge is -2.02. The third-order valence-corrected chi connectivity index (χ3v) is 3.83. The minimum absolute atomic E-state index is 0.0319. The van der Waals surface area contributed by atoms with E-state index in [1.807, 2.05) is 0 Å². The molecule has 22 heavy (non-hydrogen) atoms. The van der Waals surface area contributed by atoms with Crippen molar-refractivity contribution in [3.05, 3.63) is 59.2 Å². The van der Waals surface area contributed by atoms with Crippen molar-refractivity contribution in [2.45, 2.75) is 5.16 Å². The zero-order valence-electron chi connectivity index (χ0n) is 11.4. The molecule has 0 saturated heterocycles. The average Bonchev–Trinajstić information content (AvgIpc) is 2.95. The normalized spacial score (nSPS) is 10.7. The van der Waals surface area contributed by atoms with Crippen molar-refractivity contribution >= 4 is 23.1 Å². The number of rotatable bonds is 5. The Kier molecular flexibility index (Phi) is 3.84. The second-order valence-corrected chi connectivity index (χ2v) is 5.37. The maximum absolute atomic E-state index is 10.9. The second-order valence-electron chi connectivity index (χ2n) is 4.38. The van der Waals surface area contributed by atoms with E-state index in [2.05, 4.69) is 21.9 Å². The van der Waals surface area contributed by atoms with Crippen molar-refractivity contribution in [1.82, 2.24) is 19.8 Å². The molecule has 7 nitrogen and oxygen atoms in total. The number of benzene rings is 1. The van der Waals surface area contributed by atoms with Gasteiger partial charge in [-0.25, -0.2) is 0 Å². The van der Waals surface area contributed by atoms with Crippen molar-refractivity contribution in [1.29, 1.82) is 0 Å². The van der Waals surface area contributed by atoms with Crippen LogP contribution in [0.25, 0.3) is 16.9 Å². The fourth-order valence-corrected chi connectivity index (χ4v) is 2.55. The average molecular weight is 313 g/mol. The van der Waals surface area contributed by atoms with Crippen molar-refractivity contribution in [2.75, 3.05) is 5.75 Å². The first kappa shape index (κ1) is 14.2. The molecule has 0 radical (unpaired) electrons. The Morgan fingerprint density at radius 1 is 1.32 bits per heavy atom. The van der Waals surface area contributed by atoms with E-state index in [4.69, 9.17) is 0 Å². The summed E-state index contributed by atoms with van der Waals surface area (Å²) in [6.07, 6.45) is 1.77. The molecular weight excluding hydrogens is 302 g/mol. The van der Waals surface area contributed by atoms with Crippen LogP contribution in [0.2, 0.25) is 0 Å². The summed E-state index contributed by atoms with van der Waals surface area (Å²) in [4.78, 5) is 10.5. The molecule has 3 rings (SSSR count). The van der Waals surface area contributed by atoms with Gasteiger partial charge in [-0.05, 0) is 12.1 Å². The van der Waals surface area contributed by atoms with Gasteiger partial charge in [0.05, 0.1) is 10.6 Å². The Labute approximate surface area is 129 Å². The van der Waals surface area contributed by atoms with Crippen LogP contribution in [0, 0.1) is 10.1 Å². The van der Waals surface area contributed by atoms with E-state index in [0.29, 0.717) is 27.8 Å². The highest BCUT2D eigenvalue weighted by atomic mass is 32.2. The maximum Gasteiger partial charge on any atom is 0.270 e. The van der Waals surface area contributed by atoms with Crippen LogP contribution in [0.5, 0.6) is 0 Å². The Morgan fingerprint density at radius 3 is 2.95 bits per heavy atom. The molecule has 3 aromatic rings. The Morgan fingerprint density at radius 2 is 2.18 bits per heavy atom. The van der Waals surface area contributed by atoms with E-state index in [-0.39, 0.29) is 5.69 Å². The molecule has 110 valence electrons. The summed E-state index contributed by atoms with van der Waals surface area (Å²) in [6, 6.07) is 9.92. The van der Waals surface area contributed by atoms with E-state index >= 15 is 0 Å². The summed E-state index contributed by atoms with van der Waals surface area (Å²) in [7, 11) is 0. The van der Waals surface area contributed by atoms with Crippen LogP contribution in [0.15, 0.2) is 54.2 Å². The lowest BCUT2D eigenvalue weighted by Crippen LogP contribution is -1.97. The van der Waals surface area contributed by atoms with Gasteiger partial charge in [-0.2, -0.15) is 9.61 Å². The maximum atomic E-state index is 10.9. The molecule has 0 spiro atoms. The molecule has 2 heterocycles. The molecule has 0 atom stereocenters. The first-order valence-corrected chi connectivity index (χ1v) is 7.38. The van der Waals surface area contributed by atoms with Gasteiger partial charge in [-0.1, -0.05) is 30.0 Å². The zero-order chi connectivity index (χ0) is 15.5. The molecule has 0 aliphatic carbocycles. The van der Waals surface area contributed by atoms with Crippen molar-refractivity contribution in [3.63, 3.8) is 0 Å². The summed E-state index contributed by atoms with van der Waals surface area (Å²) < 4.78 is 1.63. The number of aromatic nitrogens is 4. The predicted molar refractivity (Wildman–Crippen MR) is 83.8 cm³/mol.